The van der Waals surface area contributed by atoms with Crippen LogP contribution in [0.4, 0.5) is 5.69 Å². The van der Waals surface area contributed by atoms with Gasteiger partial charge in [0, 0.05) is 38.9 Å². The van der Waals surface area contributed by atoms with Gasteiger partial charge in [0.2, 0.25) is 17.7 Å². The fraction of sp³-hybridized carbons (Fsp3) is 0.571. The zero-order valence-corrected chi connectivity index (χ0v) is 17.4. The van der Waals surface area contributed by atoms with Crippen LogP contribution in [0.25, 0.3) is 0 Å². The summed E-state index contributed by atoms with van der Waals surface area (Å²) in [5.74, 6) is -0.630. The standard InChI is InChI=1S/C21H29N3O6/c1-23(2)18(26)11-24-17(12-25)20(30-13-19(24)27)14-3-5-16(6-4-14)22-21(28)15-7-9-29-10-8-15/h3-6,15,17,20,25H,7-13H2,1-2H3,(H,22,28)/t17-,20-/m1/s1. The summed E-state index contributed by atoms with van der Waals surface area (Å²) in [7, 11) is 3.23. The molecular formula is C21H29N3O6. The van der Waals surface area contributed by atoms with Crippen molar-refractivity contribution in [2.45, 2.75) is 25.0 Å². The highest BCUT2D eigenvalue weighted by atomic mass is 16.5. The van der Waals surface area contributed by atoms with E-state index < -0.39 is 12.1 Å². The fourth-order valence-electron chi connectivity index (χ4n) is 3.67. The van der Waals surface area contributed by atoms with E-state index in [4.69, 9.17) is 9.47 Å². The minimum atomic E-state index is -0.669. The van der Waals surface area contributed by atoms with Crippen molar-refractivity contribution >= 4 is 23.4 Å². The number of morpholine rings is 1. The molecule has 2 fully saturated rings. The van der Waals surface area contributed by atoms with Crippen molar-refractivity contribution in [2.75, 3.05) is 52.4 Å². The van der Waals surface area contributed by atoms with Crippen molar-refractivity contribution in [3.63, 3.8) is 0 Å². The van der Waals surface area contributed by atoms with Gasteiger partial charge >= 0.3 is 0 Å². The molecule has 0 spiro atoms. The third-order valence-electron chi connectivity index (χ3n) is 5.55. The topological polar surface area (TPSA) is 108 Å². The molecule has 0 radical (unpaired) electrons. The van der Waals surface area contributed by atoms with E-state index in [1.165, 1.54) is 9.80 Å². The maximum absolute atomic E-state index is 12.4. The molecule has 3 rings (SSSR count). The third-order valence-corrected chi connectivity index (χ3v) is 5.55. The Morgan fingerprint density at radius 1 is 1.20 bits per heavy atom. The third kappa shape index (κ3) is 5.16. The molecule has 2 N–H and O–H groups in total. The monoisotopic (exact) mass is 419 g/mol. The Bertz CT molecular complexity index is 761. The van der Waals surface area contributed by atoms with Gasteiger partial charge in [0.25, 0.3) is 0 Å². The first-order valence-electron chi connectivity index (χ1n) is 10.1. The van der Waals surface area contributed by atoms with Crippen LogP contribution in [0.5, 0.6) is 0 Å². The maximum Gasteiger partial charge on any atom is 0.249 e. The summed E-state index contributed by atoms with van der Waals surface area (Å²) in [5.41, 5.74) is 1.43. The van der Waals surface area contributed by atoms with E-state index in [0.29, 0.717) is 31.7 Å². The Balaban J connectivity index is 1.68. The Labute approximate surface area is 175 Å². The maximum atomic E-state index is 12.4. The van der Waals surface area contributed by atoms with Gasteiger partial charge in [-0.2, -0.15) is 0 Å². The predicted molar refractivity (Wildman–Crippen MR) is 109 cm³/mol. The van der Waals surface area contributed by atoms with E-state index >= 15 is 0 Å². The normalized spacial score (nSPS) is 22.6. The lowest BCUT2D eigenvalue weighted by Crippen LogP contribution is -2.55. The minimum absolute atomic E-state index is 0.0211. The molecule has 0 saturated carbocycles. The summed E-state index contributed by atoms with van der Waals surface area (Å²) in [5, 5.41) is 12.8. The van der Waals surface area contributed by atoms with Crippen molar-refractivity contribution in [3.8, 4) is 0 Å². The lowest BCUT2D eigenvalue weighted by atomic mass is 9.98. The number of benzene rings is 1. The molecule has 2 atom stereocenters. The smallest absolute Gasteiger partial charge is 0.249 e. The van der Waals surface area contributed by atoms with Crippen LogP contribution < -0.4 is 5.32 Å². The first kappa shape index (κ1) is 22.2. The number of aliphatic hydroxyl groups excluding tert-OH is 1. The molecule has 2 aliphatic heterocycles. The molecule has 1 aromatic carbocycles. The second-order valence-electron chi connectivity index (χ2n) is 7.79. The van der Waals surface area contributed by atoms with Crippen LogP contribution in [-0.2, 0) is 23.9 Å². The highest BCUT2D eigenvalue weighted by Gasteiger charge is 2.38. The van der Waals surface area contributed by atoms with Gasteiger partial charge in [-0.3, -0.25) is 14.4 Å². The fourth-order valence-corrected chi connectivity index (χ4v) is 3.67. The molecule has 2 saturated heterocycles. The Kier molecular flexibility index (Phi) is 7.41. The SMILES string of the molecule is CN(C)C(=O)CN1C(=O)CO[C@H](c2ccc(NC(=O)C3CCOCC3)cc2)[C@H]1CO. The van der Waals surface area contributed by atoms with Crippen molar-refractivity contribution in [1.29, 1.82) is 0 Å². The molecule has 30 heavy (non-hydrogen) atoms. The van der Waals surface area contributed by atoms with Crippen LogP contribution in [0.2, 0.25) is 0 Å². The number of hydrogen-bond acceptors (Lipinski definition) is 6. The van der Waals surface area contributed by atoms with E-state index in [9.17, 15) is 19.5 Å². The number of amides is 3. The van der Waals surface area contributed by atoms with Crippen molar-refractivity contribution in [2.24, 2.45) is 5.92 Å². The molecule has 9 nitrogen and oxygen atoms in total. The van der Waals surface area contributed by atoms with Gasteiger partial charge in [-0.25, -0.2) is 0 Å². The number of nitrogens with zero attached hydrogens (tertiary/aromatic N) is 2. The van der Waals surface area contributed by atoms with E-state index in [1.54, 1.807) is 38.4 Å². The first-order valence-corrected chi connectivity index (χ1v) is 10.1. The number of nitrogens with one attached hydrogen (secondary N) is 1. The second kappa shape index (κ2) is 10.0. The average Bonchev–Trinajstić information content (AvgIpc) is 2.76. The number of carbonyl (C=O) groups is 3. The summed E-state index contributed by atoms with van der Waals surface area (Å²) in [6.07, 6.45) is 0.865. The first-order chi connectivity index (χ1) is 14.4. The molecule has 0 bridgehead atoms. The lowest BCUT2D eigenvalue weighted by Gasteiger charge is -2.40. The Morgan fingerprint density at radius 3 is 2.47 bits per heavy atom. The number of rotatable bonds is 6. The van der Waals surface area contributed by atoms with Gasteiger partial charge in [0.1, 0.15) is 19.3 Å². The number of carbonyl (C=O) groups excluding carboxylic acids is 3. The highest BCUT2D eigenvalue weighted by molar-refractivity contribution is 5.92. The molecule has 2 aliphatic rings. The number of anilines is 1. The minimum Gasteiger partial charge on any atom is -0.394 e. The molecule has 9 heteroatoms. The van der Waals surface area contributed by atoms with Gasteiger partial charge in [-0.15, -0.1) is 0 Å². The molecule has 0 aliphatic carbocycles. The zero-order chi connectivity index (χ0) is 21.7. The zero-order valence-electron chi connectivity index (χ0n) is 17.4. The second-order valence-corrected chi connectivity index (χ2v) is 7.79. The van der Waals surface area contributed by atoms with Crippen LogP contribution in [0.1, 0.15) is 24.5 Å². The molecule has 2 heterocycles. The summed E-state index contributed by atoms with van der Waals surface area (Å²) in [6.45, 7) is 0.591. The largest absolute Gasteiger partial charge is 0.394 e. The summed E-state index contributed by atoms with van der Waals surface area (Å²) in [6, 6.07) is 6.48. The van der Waals surface area contributed by atoms with Crippen LogP contribution in [0.15, 0.2) is 24.3 Å². The summed E-state index contributed by atoms with van der Waals surface area (Å²) >= 11 is 0. The lowest BCUT2D eigenvalue weighted by molar-refractivity contribution is -0.164. The quantitative estimate of drug-likeness (QED) is 0.691. The highest BCUT2D eigenvalue weighted by Crippen LogP contribution is 2.30. The molecule has 0 unspecified atom stereocenters. The molecule has 0 aromatic heterocycles. The van der Waals surface area contributed by atoms with Gasteiger partial charge in [0.15, 0.2) is 0 Å². The summed E-state index contributed by atoms with van der Waals surface area (Å²) in [4.78, 5) is 39.5. The van der Waals surface area contributed by atoms with Gasteiger partial charge in [-0.1, -0.05) is 12.1 Å². The van der Waals surface area contributed by atoms with Gasteiger partial charge in [0.05, 0.1) is 12.6 Å². The molecule has 1 aromatic rings. The van der Waals surface area contributed by atoms with Crippen molar-refractivity contribution < 1.29 is 29.0 Å². The molecular weight excluding hydrogens is 390 g/mol. The average molecular weight is 419 g/mol. The van der Waals surface area contributed by atoms with E-state index in [0.717, 1.165) is 5.56 Å². The van der Waals surface area contributed by atoms with E-state index in [2.05, 4.69) is 5.32 Å². The Hall–Kier alpha value is -2.49. The van der Waals surface area contributed by atoms with Gasteiger partial charge in [-0.05, 0) is 30.5 Å². The van der Waals surface area contributed by atoms with Crippen molar-refractivity contribution in [3.05, 3.63) is 29.8 Å². The van der Waals surface area contributed by atoms with Gasteiger partial charge < -0.3 is 29.7 Å². The van der Waals surface area contributed by atoms with E-state index in [1.807, 2.05) is 0 Å². The molecule has 3 amide bonds. The van der Waals surface area contributed by atoms with E-state index in [-0.39, 0.29) is 43.4 Å². The number of likely N-dealkylation sites (N-methyl/N-ethyl adjacent to an activating group) is 1. The van der Waals surface area contributed by atoms with Crippen molar-refractivity contribution in [1.82, 2.24) is 9.80 Å². The summed E-state index contributed by atoms with van der Waals surface area (Å²) < 4.78 is 11.0. The predicted octanol–water partition coefficient (Wildman–Crippen LogP) is 0.401. The Morgan fingerprint density at radius 2 is 1.87 bits per heavy atom. The van der Waals surface area contributed by atoms with Crippen LogP contribution in [0, 0.1) is 5.92 Å². The van der Waals surface area contributed by atoms with Crippen LogP contribution >= 0.6 is 0 Å². The number of ether oxygens (including phenoxy) is 2. The van der Waals surface area contributed by atoms with Crippen LogP contribution in [0.3, 0.4) is 0 Å². The van der Waals surface area contributed by atoms with Crippen LogP contribution in [-0.4, -0.2) is 85.7 Å². The molecule has 164 valence electrons. The number of aliphatic hydroxyl groups is 1. The number of hydrogen-bond donors (Lipinski definition) is 2.